The maximum Gasteiger partial charge on any atom is 0.318 e. The van der Waals surface area contributed by atoms with Crippen LogP contribution in [0, 0.1) is 5.92 Å². The van der Waals surface area contributed by atoms with Gasteiger partial charge in [0.1, 0.15) is 5.92 Å². The van der Waals surface area contributed by atoms with Gasteiger partial charge in [0.05, 0.1) is 6.10 Å². The lowest BCUT2D eigenvalue weighted by Gasteiger charge is -2.13. The van der Waals surface area contributed by atoms with Gasteiger partial charge in [-0.1, -0.05) is 30.3 Å². The fourth-order valence-corrected chi connectivity index (χ4v) is 1.11. The topological polar surface area (TPSA) is 26.3 Å². The second-order valence-electron chi connectivity index (χ2n) is 3.45. The summed E-state index contributed by atoms with van der Waals surface area (Å²) < 4.78 is 5.09. The first kappa shape index (κ1) is 10.8. The van der Waals surface area contributed by atoms with E-state index in [1.807, 2.05) is 44.2 Å². The van der Waals surface area contributed by atoms with E-state index in [0.717, 1.165) is 5.56 Å². The monoisotopic (exact) mass is 191 g/mol. The predicted octanol–water partition coefficient (Wildman–Crippen LogP) is 2.58. The third kappa shape index (κ3) is 2.87. The first-order valence-corrected chi connectivity index (χ1v) is 4.71. The van der Waals surface area contributed by atoms with E-state index in [4.69, 9.17) is 4.74 Å². The Bertz CT molecular complexity index is 290. The fourth-order valence-electron chi connectivity index (χ4n) is 1.11. The first-order valence-electron chi connectivity index (χ1n) is 4.71. The van der Waals surface area contributed by atoms with Gasteiger partial charge >= 0.3 is 5.97 Å². The molecule has 0 atom stereocenters. The maximum absolute atomic E-state index is 11.5. The lowest BCUT2D eigenvalue weighted by molar-refractivity contribution is -0.144. The molecule has 0 heterocycles. The highest BCUT2D eigenvalue weighted by Crippen LogP contribution is 2.15. The highest BCUT2D eigenvalue weighted by molar-refractivity contribution is 5.88. The van der Waals surface area contributed by atoms with Crippen LogP contribution < -0.4 is 0 Å². The number of esters is 1. The number of carbonyl (C=O) groups excluding carboxylic acids is 1. The van der Waals surface area contributed by atoms with Crippen LogP contribution >= 0.6 is 0 Å². The average Bonchev–Trinajstić information content (AvgIpc) is 2.17. The largest absolute Gasteiger partial charge is 0.462 e. The third-order valence-corrected chi connectivity index (χ3v) is 1.86. The molecule has 1 aromatic rings. The van der Waals surface area contributed by atoms with Gasteiger partial charge in [0.2, 0.25) is 0 Å². The molecule has 0 aliphatic rings. The zero-order chi connectivity index (χ0) is 10.6. The Morgan fingerprint density at radius 3 is 2.29 bits per heavy atom. The van der Waals surface area contributed by atoms with Gasteiger partial charge in [0, 0.05) is 0 Å². The average molecular weight is 191 g/mol. The van der Waals surface area contributed by atoms with Crippen LogP contribution in [0.4, 0.5) is 0 Å². The van der Waals surface area contributed by atoms with E-state index in [-0.39, 0.29) is 12.1 Å². The van der Waals surface area contributed by atoms with Crippen molar-refractivity contribution in [3.05, 3.63) is 41.8 Å². The van der Waals surface area contributed by atoms with Gasteiger partial charge in [-0.15, -0.1) is 0 Å². The van der Waals surface area contributed by atoms with Gasteiger partial charge in [-0.2, -0.15) is 0 Å². The molecule has 0 fully saturated rings. The van der Waals surface area contributed by atoms with Crippen molar-refractivity contribution in [2.24, 2.45) is 0 Å². The normalized spacial score (nSPS) is 10.6. The van der Waals surface area contributed by atoms with Crippen LogP contribution in [0.25, 0.3) is 0 Å². The molecule has 2 heteroatoms. The molecule has 0 aliphatic heterocycles. The molecule has 2 nitrogen and oxygen atoms in total. The van der Waals surface area contributed by atoms with Crippen molar-refractivity contribution in [2.45, 2.75) is 26.9 Å². The third-order valence-electron chi connectivity index (χ3n) is 1.86. The van der Waals surface area contributed by atoms with Crippen LogP contribution in [0.1, 0.15) is 26.3 Å². The second kappa shape index (κ2) is 4.80. The molecule has 0 amide bonds. The summed E-state index contributed by atoms with van der Waals surface area (Å²) in [5.41, 5.74) is 0.915. The Hall–Kier alpha value is -1.31. The van der Waals surface area contributed by atoms with Gasteiger partial charge in [-0.05, 0) is 26.3 Å². The summed E-state index contributed by atoms with van der Waals surface area (Å²) in [5.74, 6) is 0.408. The van der Waals surface area contributed by atoms with Crippen LogP contribution in [0.2, 0.25) is 0 Å². The highest BCUT2D eigenvalue weighted by Gasteiger charge is 2.18. The minimum Gasteiger partial charge on any atom is -0.462 e. The smallest absolute Gasteiger partial charge is 0.318 e. The number of hydrogen-bond acceptors (Lipinski definition) is 2. The van der Waals surface area contributed by atoms with Gasteiger partial charge in [-0.25, -0.2) is 0 Å². The summed E-state index contributed by atoms with van der Waals surface area (Å²) in [7, 11) is 0. The Labute approximate surface area is 84.9 Å². The van der Waals surface area contributed by atoms with Crippen LogP contribution in [0.15, 0.2) is 30.3 Å². The van der Waals surface area contributed by atoms with Crippen molar-refractivity contribution in [2.75, 3.05) is 0 Å². The van der Waals surface area contributed by atoms with E-state index in [0.29, 0.717) is 5.92 Å². The molecule has 0 saturated carbocycles. The molecular formula is C12H15O2. The molecule has 14 heavy (non-hydrogen) atoms. The Kier molecular flexibility index (Phi) is 3.69. The van der Waals surface area contributed by atoms with Crippen molar-refractivity contribution in [1.29, 1.82) is 0 Å². The lowest BCUT2D eigenvalue weighted by Crippen LogP contribution is -2.18. The molecule has 0 bridgehead atoms. The Balaban J connectivity index is 2.66. The fraction of sp³-hybridized carbons (Fsp3) is 0.333. The summed E-state index contributed by atoms with van der Waals surface area (Å²) in [6.07, 6.45) is -0.0684. The van der Waals surface area contributed by atoms with Gasteiger partial charge < -0.3 is 4.74 Å². The summed E-state index contributed by atoms with van der Waals surface area (Å²) in [5, 5.41) is 0. The first-order chi connectivity index (χ1) is 6.61. The zero-order valence-electron chi connectivity index (χ0n) is 8.78. The standard InChI is InChI=1S/C12H15O2/c1-9(2)14-12(13)10(3)11-7-5-4-6-8-11/h4-9H,1-3H3. The summed E-state index contributed by atoms with van der Waals surface area (Å²) in [6.45, 7) is 5.46. The summed E-state index contributed by atoms with van der Waals surface area (Å²) >= 11 is 0. The van der Waals surface area contributed by atoms with Crippen molar-refractivity contribution in [3.63, 3.8) is 0 Å². The van der Waals surface area contributed by atoms with E-state index in [1.165, 1.54) is 0 Å². The van der Waals surface area contributed by atoms with E-state index in [2.05, 4.69) is 0 Å². The van der Waals surface area contributed by atoms with E-state index >= 15 is 0 Å². The predicted molar refractivity (Wildman–Crippen MR) is 55.7 cm³/mol. The van der Waals surface area contributed by atoms with E-state index < -0.39 is 0 Å². The second-order valence-corrected chi connectivity index (χ2v) is 3.45. The van der Waals surface area contributed by atoms with Gasteiger partial charge in [0.25, 0.3) is 0 Å². The van der Waals surface area contributed by atoms with Crippen LogP contribution in [0.3, 0.4) is 0 Å². The van der Waals surface area contributed by atoms with Crippen LogP contribution in [0.5, 0.6) is 0 Å². The number of benzene rings is 1. The lowest BCUT2D eigenvalue weighted by atomic mass is 10.0. The Morgan fingerprint density at radius 1 is 1.21 bits per heavy atom. The number of ether oxygens (including phenoxy) is 1. The molecule has 0 N–H and O–H groups in total. The molecule has 1 aromatic carbocycles. The number of rotatable bonds is 3. The van der Waals surface area contributed by atoms with Crippen molar-refractivity contribution < 1.29 is 9.53 Å². The van der Waals surface area contributed by atoms with Gasteiger partial charge in [-0.3, -0.25) is 4.79 Å². The molecule has 0 aromatic heterocycles. The molecule has 0 spiro atoms. The molecule has 0 unspecified atom stereocenters. The molecular weight excluding hydrogens is 176 g/mol. The van der Waals surface area contributed by atoms with Crippen LogP contribution in [-0.2, 0) is 9.53 Å². The minimum atomic E-state index is -0.244. The van der Waals surface area contributed by atoms with Crippen molar-refractivity contribution >= 4 is 5.97 Å². The molecule has 1 radical (unpaired) electrons. The zero-order valence-corrected chi connectivity index (χ0v) is 8.78. The van der Waals surface area contributed by atoms with Crippen LogP contribution in [-0.4, -0.2) is 12.1 Å². The Morgan fingerprint density at radius 2 is 1.79 bits per heavy atom. The van der Waals surface area contributed by atoms with Crippen molar-refractivity contribution in [3.8, 4) is 0 Å². The minimum absolute atomic E-state index is 0.0684. The SMILES string of the molecule is C[C](C(=O)OC(C)C)c1ccccc1. The number of hydrogen-bond donors (Lipinski definition) is 0. The van der Waals surface area contributed by atoms with Gasteiger partial charge in [0.15, 0.2) is 0 Å². The molecule has 0 aliphatic carbocycles. The molecule has 75 valence electrons. The summed E-state index contributed by atoms with van der Waals surface area (Å²) in [4.78, 5) is 11.5. The number of carbonyl (C=O) groups is 1. The summed E-state index contributed by atoms with van der Waals surface area (Å²) in [6, 6.07) is 9.53. The van der Waals surface area contributed by atoms with Crippen molar-refractivity contribution in [1.82, 2.24) is 0 Å². The molecule has 1 rings (SSSR count). The quantitative estimate of drug-likeness (QED) is 0.686. The highest BCUT2D eigenvalue weighted by atomic mass is 16.5. The maximum atomic E-state index is 11.5. The van der Waals surface area contributed by atoms with E-state index in [9.17, 15) is 4.79 Å². The van der Waals surface area contributed by atoms with E-state index in [1.54, 1.807) is 6.92 Å². The molecule has 0 saturated heterocycles.